The molecule has 1 heterocycles. The fourth-order valence-electron chi connectivity index (χ4n) is 3.03. The summed E-state index contributed by atoms with van der Waals surface area (Å²) in [7, 11) is -3.59. The number of anilines is 1. The molecule has 4 rings (SSSR count). The first-order valence-corrected chi connectivity index (χ1v) is 10.5. The highest BCUT2D eigenvalue weighted by Gasteiger charge is 2.30. The smallest absolute Gasteiger partial charge is 0.271 e. The summed E-state index contributed by atoms with van der Waals surface area (Å²) >= 11 is 1.15. The third-order valence-corrected chi connectivity index (χ3v) is 7.22. The number of fused-ring (bicyclic) bond motifs is 1. The van der Waals surface area contributed by atoms with Crippen LogP contribution in [0.3, 0.4) is 0 Å². The van der Waals surface area contributed by atoms with Crippen LogP contribution in [0.1, 0.15) is 23.2 Å². The molecule has 0 aliphatic heterocycles. The molecule has 3 N–H and O–H groups in total. The number of thiophene rings is 1. The van der Waals surface area contributed by atoms with Gasteiger partial charge in [-0.15, -0.1) is 11.3 Å². The largest absolute Gasteiger partial charge is 0.302 e. The lowest BCUT2D eigenvalue weighted by Gasteiger charge is -2.28. The van der Waals surface area contributed by atoms with E-state index in [-0.39, 0.29) is 10.1 Å². The second-order valence-electron chi connectivity index (χ2n) is 6.17. The third-order valence-electron chi connectivity index (χ3n) is 4.44. The second kappa shape index (κ2) is 6.62. The van der Waals surface area contributed by atoms with Crippen LogP contribution >= 0.6 is 11.3 Å². The van der Waals surface area contributed by atoms with Gasteiger partial charge in [0.2, 0.25) is 0 Å². The van der Waals surface area contributed by atoms with Gasteiger partial charge in [-0.05, 0) is 60.0 Å². The molecule has 0 unspecified atom stereocenters. The monoisotopic (exact) mass is 387 g/mol. The Morgan fingerprint density at radius 1 is 1.15 bits per heavy atom. The number of rotatable bonds is 6. The molecular formula is C18H17N3O3S2. The molecule has 0 radical (unpaired) electrons. The molecule has 1 amide bonds. The number of hydrazine groups is 1. The highest BCUT2D eigenvalue weighted by atomic mass is 32.2. The molecule has 0 saturated carbocycles. The van der Waals surface area contributed by atoms with Crippen molar-refractivity contribution in [3.05, 3.63) is 70.8 Å². The van der Waals surface area contributed by atoms with Crippen molar-refractivity contribution >= 4 is 33.0 Å². The minimum atomic E-state index is -3.59. The molecule has 6 nitrogen and oxygen atoms in total. The molecular weight excluding hydrogens is 370 g/mol. The molecule has 2 aromatic rings. The highest BCUT2D eigenvalue weighted by molar-refractivity contribution is 7.94. The molecule has 26 heavy (non-hydrogen) atoms. The van der Waals surface area contributed by atoms with Gasteiger partial charge in [0.1, 0.15) is 4.21 Å². The summed E-state index contributed by atoms with van der Waals surface area (Å²) in [6, 6.07) is 9.53. The van der Waals surface area contributed by atoms with Crippen molar-refractivity contribution in [1.29, 1.82) is 0 Å². The van der Waals surface area contributed by atoms with Crippen LogP contribution in [0.15, 0.2) is 69.4 Å². The Morgan fingerprint density at radius 2 is 1.96 bits per heavy atom. The number of hydrogen-bond donors (Lipinski definition) is 3. The summed E-state index contributed by atoms with van der Waals surface area (Å²) < 4.78 is 27.1. The summed E-state index contributed by atoms with van der Waals surface area (Å²) in [5, 5.41) is 1.71. The van der Waals surface area contributed by atoms with Crippen LogP contribution in [0.2, 0.25) is 0 Å². The molecule has 134 valence electrons. The van der Waals surface area contributed by atoms with Gasteiger partial charge in [-0.3, -0.25) is 14.9 Å². The molecule has 1 atom stereocenters. The normalized spacial score (nSPS) is 18.2. The van der Waals surface area contributed by atoms with Crippen LogP contribution < -0.4 is 15.6 Å². The first-order chi connectivity index (χ1) is 12.5. The van der Waals surface area contributed by atoms with Gasteiger partial charge < -0.3 is 5.43 Å². The quantitative estimate of drug-likeness (QED) is 0.665. The topological polar surface area (TPSA) is 87.3 Å². The van der Waals surface area contributed by atoms with Gasteiger partial charge in [0.25, 0.3) is 15.9 Å². The molecule has 1 aromatic heterocycles. The molecule has 0 fully saturated rings. The van der Waals surface area contributed by atoms with Gasteiger partial charge >= 0.3 is 0 Å². The van der Waals surface area contributed by atoms with E-state index in [0.29, 0.717) is 17.2 Å². The van der Waals surface area contributed by atoms with Gasteiger partial charge in [0, 0.05) is 16.9 Å². The van der Waals surface area contributed by atoms with Crippen LogP contribution in [0.25, 0.3) is 0 Å². The first-order valence-electron chi connectivity index (χ1n) is 8.15. The zero-order valence-corrected chi connectivity index (χ0v) is 15.4. The van der Waals surface area contributed by atoms with E-state index in [1.165, 1.54) is 5.57 Å². The number of hydrogen-bond acceptors (Lipinski definition) is 5. The lowest BCUT2D eigenvalue weighted by molar-refractivity contribution is 0.0936. The van der Waals surface area contributed by atoms with E-state index in [2.05, 4.69) is 27.7 Å². The van der Waals surface area contributed by atoms with Gasteiger partial charge in [-0.1, -0.05) is 18.2 Å². The zero-order valence-electron chi connectivity index (χ0n) is 13.7. The second-order valence-corrected chi connectivity index (χ2v) is 9.02. The number of carbonyl (C=O) groups excluding carboxylic acids is 1. The van der Waals surface area contributed by atoms with Crippen molar-refractivity contribution in [3.8, 4) is 0 Å². The summed E-state index contributed by atoms with van der Waals surface area (Å²) in [5.41, 5.74) is 8.84. The lowest BCUT2D eigenvalue weighted by atomic mass is 9.84. The van der Waals surface area contributed by atoms with E-state index >= 15 is 0 Å². The fraction of sp³-hybridized carbons (Fsp3) is 0.167. The Morgan fingerprint density at radius 3 is 2.65 bits per heavy atom. The number of allylic oxidation sites excluding steroid dienone is 4. The predicted molar refractivity (Wildman–Crippen MR) is 101 cm³/mol. The predicted octanol–water partition coefficient (Wildman–Crippen LogP) is 3.02. The van der Waals surface area contributed by atoms with Gasteiger partial charge in [0.05, 0.1) is 0 Å². The van der Waals surface area contributed by atoms with E-state index in [4.69, 9.17) is 0 Å². The first kappa shape index (κ1) is 16.9. The number of nitrogens with one attached hydrogen (secondary N) is 3. The molecule has 8 heteroatoms. The van der Waals surface area contributed by atoms with Crippen molar-refractivity contribution in [2.45, 2.75) is 17.1 Å². The van der Waals surface area contributed by atoms with Crippen LogP contribution in [-0.4, -0.2) is 14.3 Å². The van der Waals surface area contributed by atoms with Gasteiger partial charge in [-0.25, -0.2) is 8.42 Å². The van der Waals surface area contributed by atoms with Crippen molar-refractivity contribution < 1.29 is 13.2 Å². The van der Waals surface area contributed by atoms with Crippen molar-refractivity contribution in [2.24, 2.45) is 5.92 Å². The van der Waals surface area contributed by atoms with Crippen molar-refractivity contribution in [2.75, 3.05) is 4.72 Å². The number of amides is 1. The van der Waals surface area contributed by atoms with Gasteiger partial charge in [0.15, 0.2) is 0 Å². The Labute approximate surface area is 155 Å². The Hall–Kier alpha value is -2.58. The van der Waals surface area contributed by atoms with E-state index in [0.717, 1.165) is 29.9 Å². The van der Waals surface area contributed by atoms with Crippen LogP contribution in [0.5, 0.6) is 0 Å². The van der Waals surface area contributed by atoms with E-state index in [9.17, 15) is 13.2 Å². The maximum Gasteiger partial charge on any atom is 0.271 e. The number of sulfonamides is 1. The lowest BCUT2D eigenvalue weighted by Crippen LogP contribution is -2.40. The maximum atomic E-state index is 12.2. The molecule has 0 spiro atoms. The molecule has 2 aliphatic rings. The summed E-state index contributed by atoms with van der Waals surface area (Å²) in [4.78, 5) is 12.2. The Bertz CT molecular complexity index is 991. The van der Waals surface area contributed by atoms with Crippen molar-refractivity contribution in [1.82, 2.24) is 10.9 Å². The summed E-state index contributed by atoms with van der Waals surface area (Å²) in [6.45, 7) is 0. The zero-order chi connectivity index (χ0) is 18.1. The highest BCUT2D eigenvalue weighted by Crippen LogP contribution is 2.40. The van der Waals surface area contributed by atoms with Crippen LogP contribution in [0.4, 0.5) is 5.69 Å². The number of carbonyl (C=O) groups is 1. The van der Waals surface area contributed by atoms with Crippen LogP contribution in [-0.2, 0) is 10.0 Å². The Kier molecular flexibility index (Phi) is 4.29. The minimum Gasteiger partial charge on any atom is -0.302 e. The average Bonchev–Trinajstić information content (AvgIpc) is 3.26. The van der Waals surface area contributed by atoms with Crippen LogP contribution in [0, 0.1) is 5.92 Å². The molecule has 0 bridgehead atoms. The SMILES string of the molecule is O=C(NNC1=C2C=CC[C@H]2C1)c1ccc(NS(=O)(=O)c2cccs2)cc1. The molecule has 2 aliphatic carbocycles. The standard InChI is InChI=1S/C18H17N3O3S2/c22-18(20-19-16-11-13-3-1-4-15(13)16)12-6-8-14(9-7-12)21-26(23,24)17-5-2-10-25-17/h1-2,4-10,13,19,21H,3,11H2,(H,20,22)/t13-/m0/s1. The van der Waals surface area contributed by atoms with E-state index in [1.807, 2.05) is 0 Å². The third kappa shape index (κ3) is 3.25. The maximum absolute atomic E-state index is 12.2. The minimum absolute atomic E-state index is 0.248. The summed E-state index contributed by atoms with van der Waals surface area (Å²) in [6.07, 6.45) is 6.27. The van der Waals surface area contributed by atoms with E-state index < -0.39 is 10.0 Å². The fourth-order valence-corrected chi connectivity index (χ4v) is 5.09. The van der Waals surface area contributed by atoms with E-state index in [1.54, 1.807) is 41.8 Å². The Balaban J connectivity index is 1.37. The molecule has 1 aromatic carbocycles. The van der Waals surface area contributed by atoms with Gasteiger partial charge in [-0.2, -0.15) is 0 Å². The average molecular weight is 387 g/mol. The summed E-state index contributed by atoms with van der Waals surface area (Å²) in [5.74, 6) is 0.334. The molecule has 0 saturated heterocycles. The number of benzene rings is 1. The van der Waals surface area contributed by atoms with Crippen molar-refractivity contribution in [3.63, 3.8) is 0 Å².